The molecule has 2 atom stereocenters. The summed E-state index contributed by atoms with van der Waals surface area (Å²) in [5, 5.41) is 0. The zero-order valence-electron chi connectivity index (χ0n) is 11.5. The first-order valence-electron chi connectivity index (χ1n) is 5.63. The Morgan fingerprint density at radius 2 is 1.10 bits per heavy atom. The van der Waals surface area contributed by atoms with Gasteiger partial charge in [-0.3, -0.25) is 0 Å². The highest BCUT2D eigenvalue weighted by Crippen LogP contribution is 2.25. The third-order valence-electron chi connectivity index (χ3n) is 2.19. The summed E-state index contributed by atoms with van der Waals surface area (Å²) in [6.07, 6.45) is -9.17. The van der Waals surface area contributed by atoms with Gasteiger partial charge in [0.05, 0.1) is 0 Å². The molecule has 0 saturated heterocycles. The van der Waals surface area contributed by atoms with Crippen LogP contribution < -0.4 is 0 Å². The molecule has 0 bridgehead atoms. The minimum Gasteiger partial charge on any atom is -0.409 e. The fourth-order valence-electron chi connectivity index (χ4n) is 1.11. The summed E-state index contributed by atoms with van der Waals surface area (Å²) >= 11 is 0. The molecule has 21 heavy (non-hydrogen) atoms. The summed E-state index contributed by atoms with van der Waals surface area (Å²) in [6.45, 7) is 5.94. The summed E-state index contributed by atoms with van der Waals surface area (Å²) in [7, 11) is -7.09. The van der Waals surface area contributed by atoms with Crippen LogP contribution in [0.1, 0.15) is 0 Å². The molecule has 0 aliphatic heterocycles. The summed E-state index contributed by atoms with van der Waals surface area (Å²) in [6, 6.07) is 0. The van der Waals surface area contributed by atoms with Crippen LogP contribution in [0.5, 0.6) is 0 Å². The van der Waals surface area contributed by atoms with Gasteiger partial charge in [-0.1, -0.05) is 11.4 Å². The van der Waals surface area contributed by atoms with Crippen molar-refractivity contribution in [2.24, 2.45) is 0 Å². The second-order valence-corrected chi connectivity index (χ2v) is 10.6. The van der Waals surface area contributed by atoms with E-state index >= 15 is 0 Å². The topological polar surface area (TPSA) is 27.7 Å². The molecule has 0 amide bonds. The molecular weight excluding hydrogens is 338 g/mol. The first-order chi connectivity index (χ1) is 9.24. The average Bonchev–Trinajstić information content (AvgIpc) is 2.33. The molecular formula is C10H16F6O3Si2. The van der Waals surface area contributed by atoms with Gasteiger partial charge in [-0.2, -0.15) is 26.3 Å². The molecule has 0 aromatic rings. The lowest BCUT2D eigenvalue weighted by Crippen LogP contribution is -2.52. The predicted molar refractivity (Wildman–Crippen MR) is 68.7 cm³/mol. The van der Waals surface area contributed by atoms with Crippen LogP contribution in [0.3, 0.4) is 0 Å². The molecule has 0 aliphatic carbocycles. The van der Waals surface area contributed by atoms with E-state index in [9.17, 15) is 26.3 Å². The van der Waals surface area contributed by atoms with Crippen molar-refractivity contribution in [1.82, 2.24) is 0 Å². The quantitative estimate of drug-likeness (QED) is 0.491. The van der Waals surface area contributed by atoms with Crippen LogP contribution in [-0.4, -0.2) is 42.7 Å². The van der Waals surface area contributed by atoms with Crippen molar-refractivity contribution in [3.63, 3.8) is 0 Å². The number of alkyl halides is 6. The Bertz CT molecular complexity index is 339. The molecule has 0 heterocycles. The van der Waals surface area contributed by atoms with Crippen molar-refractivity contribution in [3.05, 3.63) is 24.6 Å². The van der Waals surface area contributed by atoms with E-state index in [0.29, 0.717) is 0 Å². The Balaban J connectivity index is 4.87. The SMILES string of the molecule is C=C[Si](C)(OCC(F)(F)F)O[Si](C)(C=C)OCC(F)(F)F. The molecule has 0 radical (unpaired) electrons. The lowest BCUT2D eigenvalue weighted by molar-refractivity contribution is -0.160. The van der Waals surface area contributed by atoms with E-state index in [0.717, 1.165) is 11.4 Å². The molecule has 0 fully saturated rings. The highest BCUT2D eigenvalue weighted by atomic mass is 28.5. The van der Waals surface area contributed by atoms with Gasteiger partial charge >= 0.3 is 29.5 Å². The average molecular weight is 354 g/mol. The molecule has 0 rings (SSSR count). The van der Waals surface area contributed by atoms with Crippen LogP contribution in [0.15, 0.2) is 24.6 Å². The second kappa shape index (κ2) is 7.09. The predicted octanol–water partition coefficient (Wildman–Crippen LogP) is 3.76. The van der Waals surface area contributed by atoms with E-state index in [1.54, 1.807) is 0 Å². The van der Waals surface area contributed by atoms with E-state index in [4.69, 9.17) is 4.12 Å². The fourth-order valence-corrected chi connectivity index (χ4v) is 6.61. The lowest BCUT2D eigenvalue weighted by atomic mass is 10.7. The number of hydrogen-bond acceptors (Lipinski definition) is 3. The van der Waals surface area contributed by atoms with Gasteiger partial charge in [0.1, 0.15) is 13.2 Å². The van der Waals surface area contributed by atoms with Gasteiger partial charge in [0, 0.05) is 0 Å². The Morgan fingerprint density at radius 3 is 1.29 bits per heavy atom. The number of hydrogen-bond donors (Lipinski definition) is 0. The molecule has 0 aromatic heterocycles. The third-order valence-corrected chi connectivity index (χ3v) is 8.35. The van der Waals surface area contributed by atoms with E-state index < -0.39 is 42.7 Å². The maximum atomic E-state index is 12.2. The van der Waals surface area contributed by atoms with Crippen LogP contribution >= 0.6 is 0 Å². The fraction of sp³-hybridized carbons (Fsp3) is 0.600. The van der Waals surface area contributed by atoms with Crippen molar-refractivity contribution in [2.75, 3.05) is 13.2 Å². The van der Waals surface area contributed by atoms with Crippen LogP contribution in [0, 0.1) is 0 Å². The number of halogens is 6. The van der Waals surface area contributed by atoms with Crippen molar-refractivity contribution >= 4 is 17.1 Å². The van der Waals surface area contributed by atoms with Crippen LogP contribution in [0.25, 0.3) is 0 Å². The zero-order valence-corrected chi connectivity index (χ0v) is 13.5. The van der Waals surface area contributed by atoms with Gasteiger partial charge in [0.15, 0.2) is 0 Å². The number of rotatable bonds is 8. The standard InChI is InChI=1S/C10H16F6O3Si2/c1-5-20(3,17-7-9(11,12)13)19-21(4,6-2)18-8-10(14,15)16/h5-6H,1-2,7-8H2,3-4H3. The Kier molecular flexibility index (Phi) is 6.88. The van der Waals surface area contributed by atoms with Gasteiger partial charge in [-0.25, -0.2) is 0 Å². The van der Waals surface area contributed by atoms with Gasteiger partial charge < -0.3 is 13.0 Å². The lowest BCUT2D eigenvalue weighted by Gasteiger charge is -2.33. The Hall–Kier alpha value is -0.626. The van der Waals surface area contributed by atoms with Crippen molar-refractivity contribution in [1.29, 1.82) is 0 Å². The molecule has 0 aromatic carbocycles. The van der Waals surface area contributed by atoms with E-state index in [2.05, 4.69) is 22.0 Å². The monoisotopic (exact) mass is 354 g/mol. The van der Waals surface area contributed by atoms with Gasteiger partial charge in [0.25, 0.3) is 0 Å². The highest BCUT2D eigenvalue weighted by Gasteiger charge is 2.44. The molecule has 124 valence electrons. The van der Waals surface area contributed by atoms with E-state index in [1.807, 2.05) is 0 Å². The van der Waals surface area contributed by atoms with Gasteiger partial charge in [-0.05, 0) is 13.1 Å². The van der Waals surface area contributed by atoms with Gasteiger partial charge in [0.2, 0.25) is 0 Å². The van der Waals surface area contributed by atoms with Gasteiger partial charge in [-0.15, -0.1) is 13.2 Å². The van der Waals surface area contributed by atoms with Crippen molar-refractivity contribution in [3.8, 4) is 0 Å². The van der Waals surface area contributed by atoms with Crippen LogP contribution in [0.4, 0.5) is 26.3 Å². The molecule has 0 N–H and O–H groups in total. The Morgan fingerprint density at radius 1 is 0.810 bits per heavy atom. The summed E-state index contributed by atoms with van der Waals surface area (Å²) in [5.74, 6) is 0. The largest absolute Gasteiger partial charge is 0.410 e. The third kappa shape index (κ3) is 9.08. The van der Waals surface area contributed by atoms with Crippen LogP contribution in [0.2, 0.25) is 13.1 Å². The molecule has 2 unspecified atom stereocenters. The Labute approximate surface area is 120 Å². The van der Waals surface area contributed by atoms with Crippen molar-refractivity contribution in [2.45, 2.75) is 25.4 Å². The molecule has 0 aliphatic rings. The first-order valence-corrected chi connectivity index (χ1v) is 10.4. The highest BCUT2D eigenvalue weighted by molar-refractivity contribution is 6.84. The smallest absolute Gasteiger partial charge is 0.409 e. The molecule has 0 spiro atoms. The minimum absolute atomic E-state index is 1.05. The molecule has 11 heteroatoms. The first kappa shape index (κ1) is 20.4. The molecule has 0 saturated carbocycles. The zero-order chi connectivity index (χ0) is 16.9. The summed E-state index contributed by atoms with van der Waals surface area (Å²) in [5.41, 5.74) is 2.09. The van der Waals surface area contributed by atoms with Crippen LogP contribution in [-0.2, 0) is 13.0 Å². The molecule has 3 nitrogen and oxygen atoms in total. The summed E-state index contributed by atoms with van der Waals surface area (Å²) < 4.78 is 87.6. The van der Waals surface area contributed by atoms with Crippen molar-refractivity contribution < 1.29 is 39.3 Å². The minimum atomic E-state index is -4.58. The summed E-state index contributed by atoms with van der Waals surface area (Å²) in [4.78, 5) is 0. The maximum Gasteiger partial charge on any atom is 0.410 e. The van der Waals surface area contributed by atoms with E-state index in [-0.39, 0.29) is 0 Å². The normalized spacial score (nSPS) is 18.7. The second-order valence-electron chi connectivity index (χ2n) is 4.35. The van der Waals surface area contributed by atoms with E-state index in [1.165, 1.54) is 13.1 Å². The maximum absolute atomic E-state index is 12.2.